The Morgan fingerprint density at radius 2 is 1.02 bits per heavy atom. The van der Waals surface area contributed by atoms with Gasteiger partial charge in [-0.3, -0.25) is 0 Å². The van der Waals surface area contributed by atoms with Crippen LogP contribution in [0.4, 0.5) is 0 Å². The zero-order valence-corrected chi connectivity index (χ0v) is 22.6. The summed E-state index contributed by atoms with van der Waals surface area (Å²) in [6.45, 7) is 0. The molecule has 0 aliphatic carbocycles. The summed E-state index contributed by atoms with van der Waals surface area (Å²) in [5.41, 5.74) is 3.77. The van der Waals surface area contributed by atoms with E-state index in [0.29, 0.717) is 45.2 Å². The van der Waals surface area contributed by atoms with Crippen molar-refractivity contribution in [3.05, 3.63) is 158 Å². The second kappa shape index (κ2) is 10.5. The number of para-hydroxylation sites is 1. The maximum absolute atomic E-state index is 9.00. The third-order valence-electron chi connectivity index (χ3n) is 7.25. The predicted octanol–water partition coefficient (Wildman–Crippen LogP) is 9.64. The second-order valence-electron chi connectivity index (χ2n) is 9.88. The van der Waals surface area contributed by atoms with Crippen LogP contribution in [0.5, 0.6) is 0 Å². The van der Waals surface area contributed by atoms with Crippen LogP contribution in [0.25, 0.3) is 72.8 Å². The molecule has 2 heterocycles. The van der Waals surface area contributed by atoms with E-state index in [0.717, 1.165) is 11.1 Å². The Balaban J connectivity index is 1.41. The van der Waals surface area contributed by atoms with E-state index in [9.17, 15) is 0 Å². The quantitative estimate of drug-likeness (QED) is 0.211. The van der Waals surface area contributed by atoms with Crippen LogP contribution in [0, 0.1) is 0 Å². The topological polar surface area (TPSA) is 43.6 Å². The number of benzene rings is 6. The Morgan fingerprint density at radius 3 is 1.72 bits per heavy atom. The Kier molecular flexibility index (Phi) is 4.20. The van der Waals surface area contributed by atoms with Crippen molar-refractivity contribution >= 4 is 21.8 Å². The maximum Gasteiger partial charge on any atom is 0.164 e. The van der Waals surface area contributed by atoms with E-state index in [2.05, 4.69) is 0 Å². The number of nitrogens with zero attached hydrogens (tertiary/aromatic N) is 4. The smallest absolute Gasteiger partial charge is 0.164 e. The Bertz CT molecular complexity index is 2650. The van der Waals surface area contributed by atoms with Crippen molar-refractivity contribution in [2.45, 2.75) is 0 Å². The van der Waals surface area contributed by atoms with Gasteiger partial charge in [-0.2, -0.15) is 0 Å². The Labute approximate surface area is 262 Å². The van der Waals surface area contributed by atoms with Gasteiger partial charge in [-0.05, 0) is 35.4 Å². The Morgan fingerprint density at radius 1 is 0.419 bits per heavy atom. The molecule has 0 amide bonds. The van der Waals surface area contributed by atoms with E-state index in [1.54, 1.807) is 28.8 Å². The lowest BCUT2D eigenvalue weighted by molar-refractivity contribution is 1.07. The molecule has 8 rings (SSSR count). The van der Waals surface area contributed by atoms with Gasteiger partial charge in [-0.25, -0.2) is 15.0 Å². The molecule has 2 aromatic heterocycles. The van der Waals surface area contributed by atoms with Gasteiger partial charge in [0.15, 0.2) is 17.5 Å². The van der Waals surface area contributed by atoms with E-state index in [1.807, 2.05) is 78.9 Å². The third-order valence-corrected chi connectivity index (χ3v) is 7.25. The molecular formula is C39H26N4. The van der Waals surface area contributed by atoms with Crippen molar-refractivity contribution in [1.82, 2.24) is 19.5 Å². The molecule has 4 nitrogen and oxygen atoms in total. The van der Waals surface area contributed by atoms with E-state index in [4.69, 9.17) is 27.3 Å². The van der Waals surface area contributed by atoms with Crippen LogP contribution in [0.2, 0.25) is 0 Å². The number of rotatable bonds is 5. The molecular weight excluding hydrogens is 524 g/mol. The summed E-state index contributed by atoms with van der Waals surface area (Å²) in [6.07, 6.45) is 0. The van der Waals surface area contributed by atoms with Crippen molar-refractivity contribution in [2.24, 2.45) is 0 Å². The summed E-state index contributed by atoms with van der Waals surface area (Å²) in [6, 6.07) is 27.9. The molecule has 8 aromatic rings. The second-order valence-corrected chi connectivity index (χ2v) is 9.88. The Hall–Kier alpha value is -5.87. The van der Waals surface area contributed by atoms with Crippen molar-refractivity contribution in [2.75, 3.05) is 0 Å². The SMILES string of the molecule is [2H]c1c([2H])c([2H])c(-c2ccc3c4c([2H])c([2H])c([2H])c([2H])c4n(-c4cccc(-c5nc(-c6ccccc6)nc(-c6ccccc6)n5)c4)c3c2)c([2H])c1[2H]. The van der Waals surface area contributed by atoms with E-state index < -0.39 is 24.2 Å². The van der Waals surface area contributed by atoms with Gasteiger partial charge in [0, 0.05) is 33.2 Å². The standard InChI is InChI=1S/C39H26N4/c1-4-13-27(14-5-1)30-23-24-34-33-21-10-11-22-35(33)43(36(34)26-30)32-20-12-19-31(25-32)39-41-37(28-15-6-2-7-16-28)40-38(42-39)29-17-8-3-9-18-29/h1-26H/i1D,4D,5D,10D,11D,13D,14D,21D,22D. The van der Waals surface area contributed by atoms with Crippen molar-refractivity contribution in [3.63, 3.8) is 0 Å². The molecule has 43 heavy (non-hydrogen) atoms. The largest absolute Gasteiger partial charge is 0.309 e. The third kappa shape index (κ3) is 4.55. The van der Waals surface area contributed by atoms with Crippen molar-refractivity contribution in [1.29, 1.82) is 0 Å². The van der Waals surface area contributed by atoms with E-state index in [1.165, 1.54) is 0 Å². The highest BCUT2D eigenvalue weighted by molar-refractivity contribution is 6.10. The van der Waals surface area contributed by atoms with Crippen LogP contribution < -0.4 is 0 Å². The highest BCUT2D eigenvalue weighted by Crippen LogP contribution is 2.35. The van der Waals surface area contributed by atoms with Gasteiger partial charge in [0.25, 0.3) is 0 Å². The molecule has 6 aromatic carbocycles. The fourth-order valence-electron chi connectivity index (χ4n) is 5.26. The fraction of sp³-hybridized carbons (Fsp3) is 0. The monoisotopic (exact) mass is 559 g/mol. The minimum atomic E-state index is -0.501. The van der Waals surface area contributed by atoms with E-state index in [-0.39, 0.29) is 46.7 Å². The van der Waals surface area contributed by atoms with Crippen molar-refractivity contribution in [3.8, 4) is 51.0 Å². The lowest BCUT2D eigenvalue weighted by Gasteiger charge is -2.12. The van der Waals surface area contributed by atoms with Gasteiger partial charge < -0.3 is 4.57 Å². The first-order valence-electron chi connectivity index (χ1n) is 18.1. The average Bonchev–Trinajstić information content (AvgIpc) is 3.53. The molecule has 202 valence electrons. The van der Waals surface area contributed by atoms with Crippen LogP contribution in [-0.2, 0) is 0 Å². The van der Waals surface area contributed by atoms with Gasteiger partial charge in [0.05, 0.1) is 23.4 Å². The van der Waals surface area contributed by atoms with Crippen molar-refractivity contribution < 1.29 is 12.3 Å². The summed E-state index contributed by atoms with van der Waals surface area (Å²) < 4.78 is 78.3. The maximum atomic E-state index is 9.00. The normalized spacial score (nSPS) is 14.2. The van der Waals surface area contributed by atoms with E-state index >= 15 is 0 Å². The molecule has 0 bridgehead atoms. The molecule has 0 unspecified atom stereocenters. The fourth-order valence-corrected chi connectivity index (χ4v) is 5.26. The predicted molar refractivity (Wildman–Crippen MR) is 176 cm³/mol. The highest BCUT2D eigenvalue weighted by Gasteiger charge is 2.16. The molecule has 0 N–H and O–H groups in total. The molecule has 4 heteroatoms. The summed E-state index contributed by atoms with van der Waals surface area (Å²) in [7, 11) is 0. The summed E-state index contributed by atoms with van der Waals surface area (Å²) in [5.74, 6) is 1.34. The molecule has 0 spiro atoms. The number of fused-ring (bicyclic) bond motifs is 3. The first-order chi connectivity index (χ1) is 25.0. The number of hydrogen-bond donors (Lipinski definition) is 0. The minimum Gasteiger partial charge on any atom is -0.309 e. The van der Waals surface area contributed by atoms with Crippen LogP contribution in [0.3, 0.4) is 0 Å². The molecule has 0 radical (unpaired) electrons. The lowest BCUT2D eigenvalue weighted by Crippen LogP contribution is -2.01. The molecule has 0 atom stereocenters. The zero-order valence-electron chi connectivity index (χ0n) is 31.6. The molecule has 0 aliphatic heterocycles. The van der Waals surface area contributed by atoms with Gasteiger partial charge >= 0.3 is 0 Å². The van der Waals surface area contributed by atoms with Crippen LogP contribution in [0.15, 0.2) is 158 Å². The van der Waals surface area contributed by atoms with Crippen LogP contribution in [-0.4, -0.2) is 19.5 Å². The van der Waals surface area contributed by atoms with Crippen LogP contribution >= 0.6 is 0 Å². The number of aromatic nitrogens is 4. The molecule has 0 aliphatic rings. The number of hydrogen-bond acceptors (Lipinski definition) is 3. The van der Waals surface area contributed by atoms with Gasteiger partial charge in [-0.1, -0.05) is 133 Å². The lowest BCUT2D eigenvalue weighted by atomic mass is 10.0. The average molecular weight is 560 g/mol. The first-order valence-corrected chi connectivity index (χ1v) is 13.6. The van der Waals surface area contributed by atoms with Gasteiger partial charge in [0.2, 0.25) is 0 Å². The van der Waals surface area contributed by atoms with Crippen LogP contribution in [0.1, 0.15) is 12.3 Å². The molecule has 0 saturated carbocycles. The zero-order chi connectivity index (χ0) is 36.4. The van der Waals surface area contributed by atoms with Gasteiger partial charge in [0.1, 0.15) is 0 Å². The molecule has 0 saturated heterocycles. The summed E-state index contributed by atoms with van der Waals surface area (Å²) >= 11 is 0. The minimum absolute atomic E-state index is 0.00470. The summed E-state index contributed by atoms with van der Waals surface area (Å²) in [5, 5.41) is 0.790. The summed E-state index contributed by atoms with van der Waals surface area (Å²) in [4.78, 5) is 14.5. The highest BCUT2D eigenvalue weighted by atomic mass is 15.0. The van der Waals surface area contributed by atoms with Gasteiger partial charge in [-0.15, -0.1) is 0 Å². The first kappa shape index (κ1) is 17.2. The molecule has 0 fully saturated rings.